The van der Waals surface area contributed by atoms with E-state index in [2.05, 4.69) is 38.7 Å². The van der Waals surface area contributed by atoms with Crippen molar-refractivity contribution in [3.8, 4) is 0 Å². The first kappa shape index (κ1) is 15.0. The lowest BCUT2D eigenvalue weighted by Crippen LogP contribution is -2.41. The molecule has 0 radical (unpaired) electrons. The van der Waals surface area contributed by atoms with Gasteiger partial charge in [0, 0.05) is 36.5 Å². The highest BCUT2D eigenvalue weighted by molar-refractivity contribution is 6.62. The molecule has 0 amide bonds. The van der Waals surface area contributed by atoms with Crippen LogP contribution < -0.4 is 5.46 Å². The Morgan fingerprint density at radius 1 is 1.10 bits per heavy atom. The van der Waals surface area contributed by atoms with Crippen LogP contribution in [0.25, 0.3) is 0 Å². The second-order valence-corrected chi connectivity index (χ2v) is 6.95. The highest BCUT2D eigenvalue weighted by Gasteiger charge is 2.52. The smallest absolute Gasteiger partial charge is 0.399 e. The zero-order valence-corrected chi connectivity index (χ0v) is 13.4. The highest BCUT2D eigenvalue weighted by Crippen LogP contribution is 2.37. The Labute approximate surface area is 127 Å². The summed E-state index contributed by atoms with van der Waals surface area (Å²) in [4.78, 5) is 4.63. The Morgan fingerprint density at radius 2 is 1.71 bits per heavy atom. The summed E-state index contributed by atoms with van der Waals surface area (Å²) >= 11 is 0. The van der Waals surface area contributed by atoms with Crippen molar-refractivity contribution < 1.29 is 14.0 Å². The van der Waals surface area contributed by atoms with E-state index in [0.717, 1.165) is 37.2 Å². The van der Waals surface area contributed by atoms with E-state index in [9.17, 15) is 0 Å². The second-order valence-electron chi connectivity index (χ2n) is 6.95. The molecule has 1 aromatic heterocycles. The summed E-state index contributed by atoms with van der Waals surface area (Å²) in [5.41, 5.74) is 1.54. The monoisotopic (exact) mass is 289 g/mol. The van der Waals surface area contributed by atoms with Gasteiger partial charge in [0.2, 0.25) is 0 Å². The van der Waals surface area contributed by atoms with Crippen molar-refractivity contribution >= 4 is 12.6 Å². The number of rotatable bonds is 2. The van der Waals surface area contributed by atoms with Crippen molar-refractivity contribution in [3.63, 3.8) is 0 Å². The third kappa shape index (κ3) is 2.74. The van der Waals surface area contributed by atoms with Gasteiger partial charge in [-0.15, -0.1) is 0 Å². The zero-order valence-electron chi connectivity index (χ0n) is 13.4. The molecule has 5 heteroatoms. The molecule has 2 aliphatic heterocycles. The Kier molecular flexibility index (Phi) is 3.84. The maximum absolute atomic E-state index is 6.19. The van der Waals surface area contributed by atoms with Crippen molar-refractivity contribution in [3.05, 3.63) is 24.0 Å². The summed E-state index contributed by atoms with van der Waals surface area (Å²) in [5.74, 6) is 0.439. The third-order valence-electron chi connectivity index (χ3n) is 4.99. The van der Waals surface area contributed by atoms with Crippen LogP contribution in [-0.2, 0) is 14.0 Å². The van der Waals surface area contributed by atoms with Gasteiger partial charge in [-0.1, -0.05) is 6.07 Å². The topological polar surface area (TPSA) is 40.6 Å². The van der Waals surface area contributed by atoms with E-state index in [1.807, 2.05) is 12.3 Å². The van der Waals surface area contributed by atoms with Gasteiger partial charge < -0.3 is 14.0 Å². The lowest BCUT2D eigenvalue weighted by Gasteiger charge is -2.32. The van der Waals surface area contributed by atoms with Crippen LogP contribution in [0.15, 0.2) is 18.3 Å². The fourth-order valence-corrected chi connectivity index (χ4v) is 2.91. The summed E-state index contributed by atoms with van der Waals surface area (Å²) in [6.45, 7) is 9.94. The summed E-state index contributed by atoms with van der Waals surface area (Å²) < 4.78 is 17.8. The van der Waals surface area contributed by atoms with Crippen LogP contribution in [0.1, 0.15) is 52.1 Å². The fourth-order valence-electron chi connectivity index (χ4n) is 2.91. The average Bonchev–Trinajstić information content (AvgIpc) is 2.68. The van der Waals surface area contributed by atoms with Gasteiger partial charge in [-0.3, -0.25) is 4.98 Å². The van der Waals surface area contributed by atoms with E-state index in [-0.39, 0.29) is 18.3 Å². The molecule has 3 rings (SSSR count). The predicted molar refractivity (Wildman–Crippen MR) is 82.7 cm³/mol. The molecule has 0 unspecified atom stereocenters. The quantitative estimate of drug-likeness (QED) is 0.783. The third-order valence-corrected chi connectivity index (χ3v) is 4.99. The Bertz CT molecular complexity index is 496. The molecule has 0 aromatic carbocycles. The summed E-state index contributed by atoms with van der Waals surface area (Å²) in [6.07, 6.45) is 3.90. The molecular weight excluding hydrogens is 265 g/mol. The lowest BCUT2D eigenvalue weighted by atomic mass is 9.74. The van der Waals surface area contributed by atoms with Gasteiger partial charge in [-0.05, 0) is 46.6 Å². The number of pyridine rings is 1. The number of hydrogen-bond acceptors (Lipinski definition) is 4. The van der Waals surface area contributed by atoms with Crippen molar-refractivity contribution in [2.75, 3.05) is 13.2 Å². The standard InChI is InChI=1S/C16H24BNO3/c1-15(2)16(3,4)21-17(20-15)13-6-5-9-18-14(13)12-7-10-19-11-8-12/h5-6,9,12H,7-8,10-11H2,1-4H3. The summed E-state index contributed by atoms with van der Waals surface area (Å²) in [6, 6.07) is 4.04. The molecule has 2 saturated heterocycles. The van der Waals surface area contributed by atoms with Crippen LogP contribution in [0.2, 0.25) is 0 Å². The zero-order chi connectivity index (χ0) is 15.1. The Balaban J connectivity index is 1.89. The SMILES string of the molecule is CC1(C)OB(c2cccnc2C2CCOCC2)OC1(C)C. The van der Waals surface area contributed by atoms with Crippen molar-refractivity contribution in [2.45, 2.75) is 57.7 Å². The molecule has 2 aliphatic rings. The summed E-state index contributed by atoms with van der Waals surface area (Å²) in [7, 11) is -0.332. The molecule has 4 nitrogen and oxygen atoms in total. The van der Waals surface area contributed by atoms with Gasteiger partial charge >= 0.3 is 7.12 Å². The maximum atomic E-state index is 6.19. The van der Waals surface area contributed by atoms with E-state index >= 15 is 0 Å². The van der Waals surface area contributed by atoms with Crippen molar-refractivity contribution in [2.24, 2.45) is 0 Å². The van der Waals surface area contributed by atoms with E-state index in [4.69, 9.17) is 14.0 Å². The minimum absolute atomic E-state index is 0.319. The molecular formula is C16H24BNO3. The molecule has 2 fully saturated rings. The van der Waals surface area contributed by atoms with Gasteiger partial charge in [0.25, 0.3) is 0 Å². The Hall–Kier alpha value is -0.905. The molecule has 0 N–H and O–H groups in total. The molecule has 0 aliphatic carbocycles. The fraction of sp³-hybridized carbons (Fsp3) is 0.688. The first-order valence-corrected chi connectivity index (χ1v) is 7.79. The minimum atomic E-state index is -0.332. The van der Waals surface area contributed by atoms with E-state index in [1.165, 1.54) is 0 Å². The normalized spacial score (nSPS) is 25.2. The van der Waals surface area contributed by atoms with E-state index in [0.29, 0.717) is 5.92 Å². The molecule has 0 spiro atoms. The molecule has 21 heavy (non-hydrogen) atoms. The first-order chi connectivity index (χ1) is 9.91. The molecule has 3 heterocycles. The average molecular weight is 289 g/mol. The number of ether oxygens (including phenoxy) is 1. The summed E-state index contributed by atoms with van der Waals surface area (Å²) in [5, 5.41) is 0. The minimum Gasteiger partial charge on any atom is -0.399 e. The second kappa shape index (κ2) is 5.38. The molecule has 114 valence electrons. The van der Waals surface area contributed by atoms with Crippen LogP contribution in [0, 0.1) is 0 Å². The van der Waals surface area contributed by atoms with Crippen LogP contribution in [0.5, 0.6) is 0 Å². The largest absolute Gasteiger partial charge is 0.496 e. The first-order valence-electron chi connectivity index (χ1n) is 7.79. The number of aromatic nitrogens is 1. The van der Waals surface area contributed by atoms with Gasteiger partial charge in [-0.2, -0.15) is 0 Å². The number of hydrogen-bond donors (Lipinski definition) is 0. The van der Waals surface area contributed by atoms with Crippen molar-refractivity contribution in [1.82, 2.24) is 4.98 Å². The molecule has 0 saturated carbocycles. The van der Waals surface area contributed by atoms with Gasteiger partial charge in [0.05, 0.1) is 11.2 Å². The molecule has 1 aromatic rings. The van der Waals surface area contributed by atoms with Crippen LogP contribution in [0.4, 0.5) is 0 Å². The highest BCUT2D eigenvalue weighted by atomic mass is 16.7. The van der Waals surface area contributed by atoms with E-state index in [1.54, 1.807) is 0 Å². The van der Waals surface area contributed by atoms with Crippen LogP contribution in [0.3, 0.4) is 0 Å². The van der Waals surface area contributed by atoms with Crippen LogP contribution in [-0.4, -0.2) is 36.5 Å². The number of nitrogens with zero attached hydrogens (tertiary/aromatic N) is 1. The molecule has 0 bridgehead atoms. The van der Waals surface area contributed by atoms with E-state index < -0.39 is 0 Å². The van der Waals surface area contributed by atoms with Gasteiger partial charge in [0.15, 0.2) is 0 Å². The Morgan fingerprint density at radius 3 is 2.33 bits per heavy atom. The van der Waals surface area contributed by atoms with Gasteiger partial charge in [-0.25, -0.2) is 0 Å². The van der Waals surface area contributed by atoms with Crippen LogP contribution >= 0.6 is 0 Å². The van der Waals surface area contributed by atoms with Gasteiger partial charge in [0.1, 0.15) is 0 Å². The predicted octanol–water partition coefficient (Wildman–Crippen LogP) is 2.27. The molecule has 0 atom stereocenters. The van der Waals surface area contributed by atoms with Crippen molar-refractivity contribution in [1.29, 1.82) is 0 Å². The lowest BCUT2D eigenvalue weighted by molar-refractivity contribution is 0.00578. The maximum Gasteiger partial charge on any atom is 0.496 e.